The molecule has 0 saturated carbocycles. The lowest BCUT2D eigenvalue weighted by Gasteiger charge is -1.96. The van der Waals surface area contributed by atoms with Crippen molar-refractivity contribution in [3.63, 3.8) is 0 Å². The molecule has 7 heavy (non-hydrogen) atoms. The molecule has 42 valence electrons. The second-order valence-electron chi connectivity index (χ2n) is 1.20. The van der Waals surface area contributed by atoms with Crippen LogP contribution in [0.15, 0.2) is 12.7 Å². The Morgan fingerprint density at radius 2 is 2.29 bits per heavy atom. The van der Waals surface area contributed by atoms with Crippen LogP contribution in [0.2, 0.25) is 0 Å². The van der Waals surface area contributed by atoms with Gasteiger partial charge in [0.15, 0.2) is 0 Å². The van der Waals surface area contributed by atoms with Gasteiger partial charge in [-0.25, -0.2) is 0 Å². The van der Waals surface area contributed by atoms with Crippen molar-refractivity contribution in [1.82, 2.24) is 10.9 Å². The van der Waals surface area contributed by atoms with Crippen molar-refractivity contribution < 1.29 is 0 Å². The summed E-state index contributed by atoms with van der Waals surface area (Å²) in [6.07, 6.45) is 1.81. The Morgan fingerprint density at radius 1 is 1.57 bits per heavy atom. The van der Waals surface area contributed by atoms with Gasteiger partial charge >= 0.3 is 0 Å². The summed E-state index contributed by atoms with van der Waals surface area (Å²) in [4.78, 5) is 0. The van der Waals surface area contributed by atoms with Gasteiger partial charge in [0, 0.05) is 13.1 Å². The van der Waals surface area contributed by atoms with Crippen molar-refractivity contribution in [2.75, 3.05) is 13.1 Å². The summed E-state index contributed by atoms with van der Waals surface area (Å²) in [6, 6.07) is 0. The molecule has 0 heterocycles. The Kier molecular flexibility index (Phi) is 5.39. The van der Waals surface area contributed by atoms with Crippen LogP contribution in [0.1, 0.15) is 6.92 Å². The lowest BCUT2D eigenvalue weighted by molar-refractivity contribution is 0.591. The van der Waals surface area contributed by atoms with E-state index in [2.05, 4.69) is 17.4 Å². The average molecular weight is 100 g/mol. The second kappa shape index (κ2) is 5.66. The van der Waals surface area contributed by atoms with E-state index in [1.165, 1.54) is 0 Å². The maximum absolute atomic E-state index is 3.53. The Labute approximate surface area is 44.6 Å². The molecular weight excluding hydrogens is 88.1 g/mol. The average Bonchev–Trinajstić information content (AvgIpc) is 1.69. The molecule has 0 unspecified atom stereocenters. The highest BCUT2D eigenvalue weighted by atomic mass is 15.3. The maximum atomic E-state index is 3.53. The molecule has 0 aromatic carbocycles. The van der Waals surface area contributed by atoms with Crippen LogP contribution in [0, 0.1) is 0 Å². The molecule has 0 bridgehead atoms. The fourth-order valence-electron chi connectivity index (χ4n) is 0.269. The van der Waals surface area contributed by atoms with Crippen molar-refractivity contribution >= 4 is 0 Å². The van der Waals surface area contributed by atoms with Crippen LogP contribution in [-0.4, -0.2) is 13.1 Å². The summed E-state index contributed by atoms with van der Waals surface area (Å²) in [5.41, 5.74) is 5.84. The Hall–Kier alpha value is -0.340. The zero-order valence-electron chi connectivity index (χ0n) is 4.70. The highest BCUT2D eigenvalue weighted by molar-refractivity contribution is 4.67. The van der Waals surface area contributed by atoms with E-state index in [9.17, 15) is 0 Å². The van der Waals surface area contributed by atoms with Crippen LogP contribution in [0.5, 0.6) is 0 Å². The zero-order valence-corrected chi connectivity index (χ0v) is 4.70. The third kappa shape index (κ3) is 5.66. The summed E-state index contributed by atoms with van der Waals surface area (Å²) < 4.78 is 0. The summed E-state index contributed by atoms with van der Waals surface area (Å²) in [7, 11) is 0. The molecule has 0 fully saturated rings. The Morgan fingerprint density at radius 3 is 2.71 bits per heavy atom. The molecule has 0 aromatic rings. The number of hydrogen-bond donors (Lipinski definition) is 2. The summed E-state index contributed by atoms with van der Waals surface area (Å²) in [5, 5.41) is 0. The fraction of sp³-hybridized carbons (Fsp3) is 0.600. The van der Waals surface area contributed by atoms with Crippen LogP contribution < -0.4 is 10.9 Å². The minimum absolute atomic E-state index is 0.827. The Bertz CT molecular complexity index is 43.3. The van der Waals surface area contributed by atoms with Gasteiger partial charge in [0.2, 0.25) is 0 Å². The molecule has 0 aliphatic rings. The van der Waals surface area contributed by atoms with Gasteiger partial charge in [-0.3, -0.25) is 10.9 Å². The highest BCUT2D eigenvalue weighted by Crippen LogP contribution is 1.52. The third-order valence-corrected chi connectivity index (χ3v) is 0.548. The quantitative estimate of drug-likeness (QED) is 0.301. The normalized spacial score (nSPS) is 8.71. The van der Waals surface area contributed by atoms with Gasteiger partial charge in [-0.2, -0.15) is 0 Å². The largest absolute Gasteiger partial charge is 0.258 e. The van der Waals surface area contributed by atoms with E-state index < -0.39 is 0 Å². The van der Waals surface area contributed by atoms with Gasteiger partial charge in [-0.05, 0) is 0 Å². The Balaban J connectivity index is 2.56. The summed E-state index contributed by atoms with van der Waals surface area (Å²) in [5.74, 6) is 0. The second-order valence-corrected chi connectivity index (χ2v) is 1.20. The zero-order chi connectivity index (χ0) is 5.54. The molecule has 2 heteroatoms. The van der Waals surface area contributed by atoms with Crippen molar-refractivity contribution in [2.45, 2.75) is 6.92 Å². The van der Waals surface area contributed by atoms with E-state index in [0.717, 1.165) is 13.1 Å². The third-order valence-electron chi connectivity index (χ3n) is 0.548. The van der Waals surface area contributed by atoms with Crippen LogP contribution >= 0.6 is 0 Å². The molecule has 0 radical (unpaired) electrons. The molecule has 0 aliphatic carbocycles. The van der Waals surface area contributed by atoms with E-state index in [1.807, 2.05) is 13.0 Å². The lowest BCUT2D eigenvalue weighted by Crippen LogP contribution is -2.31. The molecule has 0 aliphatic heterocycles. The van der Waals surface area contributed by atoms with Crippen LogP contribution in [0.4, 0.5) is 0 Å². The fourth-order valence-corrected chi connectivity index (χ4v) is 0.269. The van der Waals surface area contributed by atoms with Gasteiger partial charge < -0.3 is 0 Å². The predicted octanol–water partition coefficient (Wildman–Crippen LogP) is 0.286. The first-order chi connectivity index (χ1) is 3.41. The summed E-state index contributed by atoms with van der Waals surface area (Å²) in [6.45, 7) is 7.35. The smallest absolute Gasteiger partial charge is 0.0278 e. The van der Waals surface area contributed by atoms with E-state index in [0.29, 0.717) is 0 Å². The van der Waals surface area contributed by atoms with Crippen LogP contribution in [0.25, 0.3) is 0 Å². The molecule has 0 amide bonds. The van der Waals surface area contributed by atoms with Gasteiger partial charge in [0.05, 0.1) is 0 Å². The molecule has 0 spiro atoms. The molecule has 2 N–H and O–H groups in total. The molecule has 0 rings (SSSR count). The molecule has 2 nitrogen and oxygen atoms in total. The van der Waals surface area contributed by atoms with E-state index >= 15 is 0 Å². The number of hydrazine groups is 1. The first-order valence-corrected chi connectivity index (χ1v) is 2.48. The predicted molar refractivity (Wildman–Crippen MR) is 31.9 cm³/mol. The molecule has 0 atom stereocenters. The topological polar surface area (TPSA) is 24.1 Å². The van der Waals surface area contributed by atoms with Gasteiger partial charge in [-0.1, -0.05) is 13.0 Å². The SMILES string of the molecule is C=CCNNCC. The van der Waals surface area contributed by atoms with Crippen molar-refractivity contribution in [2.24, 2.45) is 0 Å². The van der Waals surface area contributed by atoms with Gasteiger partial charge in [0.25, 0.3) is 0 Å². The standard InChI is InChI=1S/C5H12N2/c1-3-5-7-6-4-2/h3,6-7H,1,4-5H2,2H3. The summed E-state index contributed by atoms with van der Waals surface area (Å²) >= 11 is 0. The van der Waals surface area contributed by atoms with E-state index in [4.69, 9.17) is 0 Å². The molecule has 0 aromatic heterocycles. The van der Waals surface area contributed by atoms with E-state index in [-0.39, 0.29) is 0 Å². The van der Waals surface area contributed by atoms with Crippen LogP contribution in [-0.2, 0) is 0 Å². The first-order valence-electron chi connectivity index (χ1n) is 2.48. The van der Waals surface area contributed by atoms with Crippen molar-refractivity contribution in [3.8, 4) is 0 Å². The van der Waals surface area contributed by atoms with Gasteiger partial charge in [0.1, 0.15) is 0 Å². The molecular formula is C5H12N2. The number of hydrogen-bond acceptors (Lipinski definition) is 2. The molecule has 0 saturated heterocycles. The lowest BCUT2D eigenvalue weighted by atomic mass is 10.6. The first kappa shape index (κ1) is 6.66. The maximum Gasteiger partial charge on any atom is 0.0278 e. The minimum Gasteiger partial charge on any atom is -0.258 e. The number of rotatable bonds is 4. The monoisotopic (exact) mass is 100 g/mol. The number of nitrogens with one attached hydrogen (secondary N) is 2. The van der Waals surface area contributed by atoms with Crippen LogP contribution in [0.3, 0.4) is 0 Å². The highest BCUT2D eigenvalue weighted by Gasteiger charge is 1.70. The van der Waals surface area contributed by atoms with E-state index in [1.54, 1.807) is 0 Å². The van der Waals surface area contributed by atoms with Crippen molar-refractivity contribution in [3.05, 3.63) is 12.7 Å². The van der Waals surface area contributed by atoms with Gasteiger partial charge in [-0.15, -0.1) is 6.58 Å². The van der Waals surface area contributed by atoms with Crippen molar-refractivity contribution in [1.29, 1.82) is 0 Å². The minimum atomic E-state index is 0.827.